The van der Waals surface area contributed by atoms with Crippen LogP contribution in [0.1, 0.15) is 5.56 Å². The van der Waals surface area contributed by atoms with E-state index in [9.17, 15) is 0 Å². The number of benzene rings is 2. The molecule has 0 N–H and O–H groups in total. The van der Waals surface area contributed by atoms with Gasteiger partial charge in [0.15, 0.2) is 5.16 Å². The van der Waals surface area contributed by atoms with Crippen molar-refractivity contribution in [2.24, 2.45) is 0 Å². The molecule has 0 spiro atoms. The summed E-state index contributed by atoms with van der Waals surface area (Å²) in [6.45, 7) is 0. The molecule has 0 saturated heterocycles. The third-order valence-corrected chi connectivity index (χ3v) is 4.52. The number of nitrogens with zero attached hydrogens (tertiary/aromatic N) is 3. The van der Waals surface area contributed by atoms with Crippen molar-refractivity contribution < 1.29 is 4.74 Å². The van der Waals surface area contributed by atoms with E-state index in [1.165, 1.54) is 0 Å². The number of ether oxygens (including phenoxy) is 1. The van der Waals surface area contributed by atoms with E-state index in [2.05, 4.69) is 10.2 Å². The van der Waals surface area contributed by atoms with Crippen LogP contribution in [0.2, 0.25) is 5.02 Å². The van der Waals surface area contributed by atoms with Crippen LogP contribution in [0.5, 0.6) is 5.75 Å². The molecule has 0 aliphatic rings. The van der Waals surface area contributed by atoms with E-state index in [1.807, 2.05) is 53.1 Å². The van der Waals surface area contributed by atoms with Gasteiger partial charge in [-0.3, -0.25) is 4.57 Å². The molecule has 2 aromatic carbocycles. The lowest BCUT2D eigenvalue weighted by atomic mass is 10.2. The Hall–Kier alpha value is -1.98. The average Bonchev–Trinajstić information content (AvgIpc) is 3.03. The van der Waals surface area contributed by atoms with Gasteiger partial charge in [0.05, 0.1) is 12.8 Å². The molecule has 0 unspecified atom stereocenters. The summed E-state index contributed by atoms with van der Waals surface area (Å²) < 4.78 is 7.19. The van der Waals surface area contributed by atoms with E-state index >= 15 is 0 Å². The molecule has 1 aromatic heterocycles. The molecule has 112 valence electrons. The van der Waals surface area contributed by atoms with Crippen LogP contribution in [0, 0.1) is 0 Å². The van der Waals surface area contributed by atoms with Crippen molar-refractivity contribution in [2.45, 2.75) is 10.9 Å². The lowest BCUT2D eigenvalue weighted by molar-refractivity contribution is 0.414. The first kappa shape index (κ1) is 14.9. The second-order valence-electron chi connectivity index (χ2n) is 4.57. The van der Waals surface area contributed by atoms with Crippen molar-refractivity contribution >= 4 is 23.4 Å². The molecule has 0 aliphatic heterocycles. The van der Waals surface area contributed by atoms with Crippen LogP contribution in [0.3, 0.4) is 0 Å². The summed E-state index contributed by atoms with van der Waals surface area (Å²) in [4.78, 5) is 0. The van der Waals surface area contributed by atoms with Crippen molar-refractivity contribution in [3.63, 3.8) is 0 Å². The number of halogens is 1. The Morgan fingerprint density at radius 2 is 2.05 bits per heavy atom. The van der Waals surface area contributed by atoms with Gasteiger partial charge < -0.3 is 4.74 Å². The van der Waals surface area contributed by atoms with Gasteiger partial charge in [-0.25, -0.2) is 0 Å². The normalized spacial score (nSPS) is 10.6. The van der Waals surface area contributed by atoms with Gasteiger partial charge in [0.2, 0.25) is 0 Å². The fourth-order valence-corrected chi connectivity index (χ4v) is 3.23. The summed E-state index contributed by atoms with van der Waals surface area (Å²) in [6, 6.07) is 15.6. The zero-order chi connectivity index (χ0) is 15.4. The predicted octanol–water partition coefficient (Wildman–Crippen LogP) is 4.22. The third-order valence-electron chi connectivity index (χ3n) is 3.16. The molecule has 0 aliphatic carbocycles. The molecule has 0 atom stereocenters. The van der Waals surface area contributed by atoms with Crippen molar-refractivity contribution in [2.75, 3.05) is 7.11 Å². The molecule has 22 heavy (non-hydrogen) atoms. The molecule has 0 fully saturated rings. The molecule has 4 nitrogen and oxygen atoms in total. The summed E-state index contributed by atoms with van der Waals surface area (Å²) in [5.74, 6) is 1.54. The Bertz CT molecular complexity index is 775. The Morgan fingerprint density at radius 3 is 2.86 bits per heavy atom. The Morgan fingerprint density at radius 1 is 1.18 bits per heavy atom. The fourth-order valence-electron chi connectivity index (χ4n) is 2.02. The molecule has 0 bridgehead atoms. The fraction of sp³-hybridized carbons (Fsp3) is 0.125. The Labute approximate surface area is 138 Å². The predicted molar refractivity (Wildman–Crippen MR) is 88.9 cm³/mol. The van der Waals surface area contributed by atoms with Crippen LogP contribution in [0.15, 0.2) is 60.0 Å². The van der Waals surface area contributed by atoms with Crippen molar-refractivity contribution in [3.8, 4) is 11.4 Å². The SMILES string of the molecule is COc1cccc(-n2cnnc2SCc2ccccc2Cl)c1. The third kappa shape index (κ3) is 3.26. The highest BCUT2D eigenvalue weighted by Gasteiger charge is 2.09. The molecular weight excluding hydrogens is 318 g/mol. The molecule has 3 rings (SSSR count). The minimum Gasteiger partial charge on any atom is -0.497 e. The summed E-state index contributed by atoms with van der Waals surface area (Å²) >= 11 is 7.78. The van der Waals surface area contributed by atoms with Crippen LogP contribution >= 0.6 is 23.4 Å². The maximum Gasteiger partial charge on any atom is 0.195 e. The molecule has 0 saturated carbocycles. The highest BCUT2D eigenvalue weighted by molar-refractivity contribution is 7.98. The molecule has 3 aromatic rings. The Kier molecular flexibility index (Phi) is 4.65. The second kappa shape index (κ2) is 6.85. The molecule has 0 amide bonds. The van der Waals surface area contributed by atoms with Gasteiger partial charge in [0.25, 0.3) is 0 Å². The lowest BCUT2D eigenvalue weighted by Crippen LogP contribution is -1.96. The molecular formula is C16H14ClN3OS. The van der Waals surface area contributed by atoms with Crippen LogP contribution in [-0.2, 0) is 5.75 Å². The quantitative estimate of drug-likeness (QED) is 0.656. The maximum absolute atomic E-state index is 6.19. The summed E-state index contributed by atoms with van der Waals surface area (Å²) in [7, 11) is 1.65. The molecule has 1 heterocycles. The first-order valence-corrected chi connectivity index (χ1v) is 8.05. The number of rotatable bonds is 5. The van der Waals surface area contributed by atoms with Gasteiger partial charge in [-0.2, -0.15) is 0 Å². The monoisotopic (exact) mass is 331 g/mol. The highest BCUT2D eigenvalue weighted by Crippen LogP contribution is 2.27. The summed E-state index contributed by atoms with van der Waals surface area (Å²) in [5, 5.41) is 9.77. The van der Waals surface area contributed by atoms with Gasteiger partial charge in [-0.1, -0.05) is 47.6 Å². The van der Waals surface area contributed by atoms with Gasteiger partial charge in [-0.15, -0.1) is 10.2 Å². The topological polar surface area (TPSA) is 39.9 Å². The first-order chi connectivity index (χ1) is 10.8. The number of methoxy groups -OCH3 is 1. The molecule has 0 radical (unpaired) electrons. The van der Waals surface area contributed by atoms with Crippen molar-refractivity contribution in [1.82, 2.24) is 14.8 Å². The minimum atomic E-state index is 0.738. The van der Waals surface area contributed by atoms with E-state index in [-0.39, 0.29) is 0 Å². The number of thioether (sulfide) groups is 1. The molecule has 6 heteroatoms. The lowest BCUT2D eigenvalue weighted by Gasteiger charge is -2.08. The number of aromatic nitrogens is 3. The maximum atomic E-state index is 6.19. The van der Waals surface area contributed by atoms with E-state index in [0.717, 1.165) is 32.9 Å². The first-order valence-electron chi connectivity index (χ1n) is 6.68. The van der Waals surface area contributed by atoms with E-state index in [4.69, 9.17) is 16.3 Å². The summed E-state index contributed by atoms with van der Waals surface area (Å²) in [6.07, 6.45) is 1.70. The van der Waals surface area contributed by atoms with Crippen LogP contribution < -0.4 is 4.74 Å². The smallest absolute Gasteiger partial charge is 0.195 e. The minimum absolute atomic E-state index is 0.738. The van der Waals surface area contributed by atoms with Gasteiger partial charge in [-0.05, 0) is 23.8 Å². The van der Waals surface area contributed by atoms with Gasteiger partial charge >= 0.3 is 0 Å². The summed E-state index contributed by atoms with van der Waals surface area (Å²) in [5.41, 5.74) is 2.04. The largest absolute Gasteiger partial charge is 0.497 e. The van der Waals surface area contributed by atoms with Crippen LogP contribution in [-0.4, -0.2) is 21.9 Å². The van der Waals surface area contributed by atoms with Gasteiger partial charge in [0.1, 0.15) is 12.1 Å². The van der Waals surface area contributed by atoms with E-state index in [1.54, 1.807) is 25.2 Å². The van der Waals surface area contributed by atoms with Crippen LogP contribution in [0.4, 0.5) is 0 Å². The van der Waals surface area contributed by atoms with Crippen LogP contribution in [0.25, 0.3) is 5.69 Å². The zero-order valence-corrected chi connectivity index (χ0v) is 13.5. The average molecular weight is 332 g/mol. The number of hydrogen-bond acceptors (Lipinski definition) is 4. The zero-order valence-electron chi connectivity index (χ0n) is 11.9. The van der Waals surface area contributed by atoms with E-state index < -0.39 is 0 Å². The standard InChI is InChI=1S/C16H14ClN3OS/c1-21-14-7-4-6-13(9-14)20-11-18-19-16(20)22-10-12-5-2-3-8-15(12)17/h2-9,11H,10H2,1H3. The second-order valence-corrected chi connectivity index (χ2v) is 5.91. The van der Waals surface area contributed by atoms with Crippen molar-refractivity contribution in [3.05, 3.63) is 65.4 Å². The Balaban J connectivity index is 1.82. The van der Waals surface area contributed by atoms with Gasteiger partial charge in [0, 0.05) is 16.8 Å². The van der Waals surface area contributed by atoms with Crippen molar-refractivity contribution in [1.29, 1.82) is 0 Å². The van der Waals surface area contributed by atoms with E-state index in [0.29, 0.717) is 0 Å². The number of hydrogen-bond donors (Lipinski definition) is 0. The highest BCUT2D eigenvalue weighted by atomic mass is 35.5.